The fraction of sp³-hybridized carbons (Fsp3) is 0.0667. The third-order valence-electron chi connectivity index (χ3n) is 2.69. The molecule has 3 N–H and O–H groups in total. The van der Waals surface area contributed by atoms with Crippen LogP contribution in [-0.2, 0) is 6.18 Å². The second-order valence-electron chi connectivity index (χ2n) is 4.40. The van der Waals surface area contributed by atoms with E-state index in [1.165, 1.54) is 18.3 Å². The van der Waals surface area contributed by atoms with E-state index in [0.29, 0.717) is 11.3 Å². The molecule has 0 saturated carbocycles. The maximum Gasteiger partial charge on any atom is 0.416 e. The van der Waals surface area contributed by atoms with Crippen LogP contribution in [-0.4, -0.2) is 11.3 Å². The van der Waals surface area contributed by atoms with Crippen molar-refractivity contribution < 1.29 is 17.9 Å². The lowest BCUT2D eigenvalue weighted by Crippen LogP contribution is -2.24. The lowest BCUT2D eigenvalue weighted by atomic mass is 10.2. The number of alkyl halides is 3. The predicted molar refractivity (Wildman–Crippen MR) is 85.5 cm³/mol. The van der Waals surface area contributed by atoms with Crippen LogP contribution in [0.5, 0.6) is 11.5 Å². The summed E-state index contributed by atoms with van der Waals surface area (Å²) in [6.07, 6.45) is -3.02. The number of halogens is 3. The summed E-state index contributed by atoms with van der Waals surface area (Å²) < 4.78 is 43.7. The van der Waals surface area contributed by atoms with Gasteiger partial charge in [-0.05, 0) is 42.5 Å². The van der Waals surface area contributed by atoms with Gasteiger partial charge in [0.15, 0.2) is 5.11 Å². The summed E-state index contributed by atoms with van der Waals surface area (Å²) in [5.74, 6) is 0.420. The van der Waals surface area contributed by atoms with E-state index in [1.807, 2.05) is 0 Å². The van der Waals surface area contributed by atoms with Gasteiger partial charge in [-0.2, -0.15) is 18.3 Å². The van der Waals surface area contributed by atoms with Crippen LogP contribution in [0.15, 0.2) is 53.6 Å². The Labute approximate surface area is 135 Å². The minimum absolute atomic E-state index is 0.00229. The molecule has 0 amide bonds. The van der Waals surface area contributed by atoms with Gasteiger partial charge >= 0.3 is 6.18 Å². The molecule has 0 aliphatic heterocycles. The first-order valence-electron chi connectivity index (χ1n) is 6.39. The van der Waals surface area contributed by atoms with Gasteiger partial charge < -0.3 is 10.5 Å². The summed E-state index contributed by atoms with van der Waals surface area (Å²) in [7, 11) is 0. The van der Waals surface area contributed by atoms with Crippen molar-refractivity contribution in [2.24, 2.45) is 10.8 Å². The lowest BCUT2D eigenvalue weighted by Gasteiger charge is -2.11. The normalized spacial score (nSPS) is 11.4. The van der Waals surface area contributed by atoms with Crippen molar-refractivity contribution in [3.63, 3.8) is 0 Å². The fourth-order valence-electron chi connectivity index (χ4n) is 1.71. The molecule has 0 aromatic heterocycles. The highest BCUT2D eigenvalue weighted by atomic mass is 32.1. The Kier molecular flexibility index (Phi) is 5.17. The van der Waals surface area contributed by atoms with Crippen LogP contribution in [0.4, 0.5) is 13.2 Å². The summed E-state index contributed by atoms with van der Waals surface area (Å²) in [6.45, 7) is 0. The Morgan fingerprint density at radius 3 is 2.61 bits per heavy atom. The monoisotopic (exact) mass is 339 g/mol. The van der Waals surface area contributed by atoms with Crippen molar-refractivity contribution in [1.82, 2.24) is 5.43 Å². The van der Waals surface area contributed by atoms with Crippen LogP contribution >= 0.6 is 12.2 Å². The van der Waals surface area contributed by atoms with E-state index in [1.54, 1.807) is 24.3 Å². The Bertz CT molecular complexity index is 732. The molecule has 0 atom stereocenters. The predicted octanol–water partition coefficient (Wildman–Crippen LogP) is 3.66. The van der Waals surface area contributed by atoms with Gasteiger partial charge in [-0.15, -0.1) is 0 Å². The van der Waals surface area contributed by atoms with Gasteiger partial charge in [0.25, 0.3) is 0 Å². The molecule has 23 heavy (non-hydrogen) atoms. The molecule has 0 spiro atoms. The maximum atomic E-state index is 12.7. The van der Waals surface area contributed by atoms with Crippen LogP contribution in [0.1, 0.15) is 11.1 Å². The molecule has 0 bridgehead atoms. The molecule has 0 fully saturated rings. The third kappa shape index (κ3) is 4.96. The van der Waals surface area contributed by atoms with Gasteiger partial charge in [0, 0.05) is 5.56 Å². The van der Waals surface area contributed by atoms with Crippen LogP contribution in [0.3, 0.4) is 0 Å². The zero-order chi connectivity index (χ0) is 16.9. The standard InChI is InChI=1S/C15H12F3N3OS/c16-15(17,18)11-5-3-6-12(8-11)22-13-7-2-1-4-10(13)9-20-21-14(19)23/h1-9H,(H3,19,21,23). The molecule has 2 rings (SSSR count). The van der Waals surface area contributed by atoms with Crippen LogP contribution in [0, 0.1) is 0 Å². The van der Waals surface area contributed by atoms with Crippen molar-refractivity contribution in [1.29, 1.82) is 0 Å². The highest BCUT2D eigenvalue weighted by Crippen LogP contribution is 2.33. The maximum absolute atomic E-state index is 12.7. The average Bonchev–Trinajstić information content (AvgIpc) is 2.48. The minimum Gasteiger partial charge on any atom is -0.457 e. The zero-order valence-corrected chi connectivity index (χ0v) is 12.5. The number of rotatable bonds is 4. The van der Waals surface area contributed by atoms with Crippen molar-refractivity contribution in [3.05, 3.63) is 59.7 Å². The molecule has 2 aromatic carbocycles. The molecule has 0 aliphatic rings. The molecule has 0 aliphatic carbocycles. The number of para-hydroxylation sites is 1. The lowest BCUT2D eigenvalue weighted by molar-refractivity contribution is -0.137. The summed E-state index contributed by atoms with van der Waals surface area (Å²) in [4.78, 5) is 0. The summed E-state index contributed by atoms with van der Waals surface area (Å²) in [6, 6.07) is 11.4. The molecule has 8 heteroatoms. The second-order valence-corrected chi connectivity index (χ2v) is 4.84. The number of nitrogens with zero attached hydrogens (tertiary/aromatic N) is 1. The first-order chi connectivity index (χ1) is 10.9. The van der Waals surface area contributed by atoms with Crippen molar-refractivity contribution in [2.45, 2.75) is 6.18 Å². The van der Waals surface area contributed by atoms with Gasteiger partial charge in [-0.3, -0.25) is 5.43 Å². The van der Waals surface area contributed by atoms with Gasteiger partial charge in [-0.25, -0.2) is 0 Å². The van der Waals surface area contributed by atoms with Gasteiger partial charge in [0.2, 0.25) is 0 Å². The smallest absolute Gasteiger partial charge is 0.416 e. The molecule has 4 nitrogen and oxygen atoms in total. The van der Waals surface area contributed by atoms with E-state index in [4.69, 9.17) is 10.5 Å². The third-order valence-corrected chi connectivity index (χ3v) is 2.78. The van der Waals surface area contributed by atoms with Crippen molar-refractivity contribution >= 4 is 23.5 Å². The Morgan fingerprint density at radius 2 is 1.91 bits per heavy atom. The first kappa shape index (κ1) is 16.8. The topological polar surface area (TPSA) is 59.6 Å². The SMILES string of the molecule is NC(=S)NN=Cc1ccccc1Oc1cccc(C(F)(F)F)c1. The average molecular weight is 339 g/mol. The molecule has 2 aromatic rings. The van der Waals surface area contributed by atoms with Crippen molar-refractivity contribution in [3.8, 4) is 11.5 Å². The number of hydrogen-bond donors (Lipinski definition) is 2. The van der Waals surface area contributed by atoms with E-state index in [9.17, 15) is 13.2 Å². The Balaban J connectivity index is 2.24. The van der Waals surface area contributed by atoms with Crippen LogP contribution < -0.4 is 15.9 Å². The minimum atomic E-state index is -4.43. The Hall–Kier alpha value is -2.61. The molecule has 120 valence electrons. The number of nitrogens with two attached hydrogens (primary N) is 1. The molecule has 0 unspecified atom stereocenters. The van der Waals surface area contributed by atoms with E-state index in [0.717, 1.165) is 12.1 Å². The molecule has 0 saturated heterocycles. The zero-order valence-electron chi connectivity index (χ0n) is 11.7. The van der Waals surface area contributed by atoms with E-state index in [-0.39, 0.29) is 10.9 Å². The summed E-state index contributed by atoms with van der Waals surface area (Å²) in [5.41, 5.74) is 7.40. The largest absolute Gasteiger partial charge is 0.457 e. The van der Waals surface area contributed by atoms with Crippen LogP contribution in [0.25, 0.3) is 0 Å². The van der Waals surface area contributed by atoms with E-state index < -0.39 is 11.7 Å². The number of ether oxygens (including phenoxy) is 1. The fourth-order valence-corrected chi connectivity index (χ4v) is 1.76. The molecular weight excluding hydrogens is 327 g/mol. The number of nitrogens with one attached hydrogen (secondary N) is 1. The van der Waals surface area contributed by atoms with Gasteiger partial charge in [-0.1, -0.05) is 18.2 Å². The van der Waals surface area contributed by atoms with Crippen LogP contribution in [0.2, 0.25) is 0 Å². The Morgan fingerprint density at radius 1 is 1.17 bits per heavy atom. The quantitative estimate of drug-likeness (QED) is 0.507. The molecule has 0 heterocycles. The molecular formula is C15H12F3N3OS. The van der Waals surface area contributed by atoms with Crippen molar-refractivity contribution in [2.75, 3.05) is 0 Å². The van der Waals surface area contributed by atoms with E-state index in [2.05, 4.69) is 22.7 Å². The first-order valence-corrected chi connectivity index (χ1v) is 6.80. The van der Waals surface area contributed by atoms with E-state index >= 15 is 0 Å². The number of benzene rings is 2. The highest BCUT2D eigenvalue weighted by molar-refractivity contribution is 7.80. The van der Waals surface area contributed by atoms with Gasteiger partial charge in [0.05, 0.1) is 11.8 Å². The summed E-state index contributed by atoms with van der Waals surface area (Å²) in [5, 5.41) is 3.80. The number of hydrazone groups is 1. The number of hydrogen-bond acceptors (Lipinski definition) is 3. The second kappa shape index (κ2) is 7.10. The highest BCUT2D eigenvalue weighted by Gasteiger charge is 2.30. The van der Waals surface area contributed by atoms with Gasteiger partial charge in [0.1, 0.15) is 11.5 Å². The number of thiocarbonyl (C=S) groups is 1. The molecule has 0 radical (unpaired) electrons. The summed E-state index contributed by atoms with van der Waals surface area (Å²) >= 11 is 4.61.